The van der Waals surface area contributed by atoms with Crippen LogP contribution in [0.1, 0.15) is 10.4 Å². The van der Waals surface area contributed by atoms with E-state index < -0.39 is 11.6 Å². The van der Waals surface area contributed by atoms with Crippen molar-refractivity contribution in [3.05, 3.63) is 62.9 Å². The highest BCUT2D eigenvalue weighted by atomic mass is 32.1. The van der Waals surface area contributed by atoms with Crippen molar-refractivity contribution in [3.63, 3.8) is 0 Å². The summed E-state index contributed by atoms with van der Waals surface area (Å²) < 4.78 is 30.5. The first-order valence-corrected chi connectivity index (χ1v) is 8.16. The maximum atomic E-state index is 13.3. The molecule has 0 amide bonds. The van der Waals surface area contributed by atoms with Crippen LogP contribution < -0.4 is 5.56 Å². The second-order valence-corrected chi connectivity index (χ2v) is 7.00. The summed E-state index contributed by atoms with van der Waals surface area (Å²) in [6.07, 6.45) is 1.66. The molecule has 3 aromatic heterocycles. The van der Waals surface area contributed by atoms with Gasteiger partial charge in [0.15, 0.2) is 11.6 Å². The number of rotatable bonds is 2. The van der Waals surface area contributed by atoms with Gasteiger partial charge < -0.3 is 4.57 Å². The summed E-state index contributed by atoms with van der Waals surface area (Å²) in [6.45, 7) is 2.11. The summed E-state index contributed by atoms with van der Waals surface area (Å²) in [6, 6.07) is 5.62. The molecule has 0 unspecified atom stereocenters. The Morgan fingerprint density at radius 3 is 2.75 bits per heavy atom. The van der Waals surface area contributed by atoms with Crippen molar-refractivity contribution < 1.29 is 8.78 Å². The third-order valence-corrected chi connectivity index (χ3v) is 5.18. The Morgan fingerprint density at radius 2 is 2.00 bits per heavy atom. The zero-order valence-electron chi connectivity index (χ0n) is 13.0. The fourth-order valence-electron chi connectivity index (χ4n) is 2.96. The molecule has 0 atom stereocenters. The molecular weight excluding hydrogens is 332 g/mol. The van der Waals surface area contributed by atoms with Crippen molar-refractivity contribution in [3.8, 4) is 0 Å². The lowest BCUT2D eigenvalue weighted by Crippen LogP contribution is -2.24. The molecule has 0 radical (unpaired) electrons. The van der Waals surface area contributed by atoms with Crippen LogP contribution in [-0.2, 0) is 13.6 Å². The molecule has 0 aliphatic rings. The van der Waals surface area contributed by atoms with Crippen LogP contribution in [0, 0.1) is 18.6 Å². The lowest BCUT2D eigenvalue weighted by molar-refractivity contribution is 0.505. The molecule has 0 saturated carbocycles. The van der Waals surface area contributed by atoms with Crippen LogP contribution in [0.25, 0.3) is 21.1 Å². The van der Waals surface area contributed by atoms with Crippen molar-refractivity contribution in [1.29, 1.82) is 0 Å². The first kappa shape index (κ1) is 15.0. The third-order valence-electron chi connectivity index (χ3n) is 4.11. The number of fused-ring (bicyclic) bond motifs is 3. The molecule has 0 N–H and O–H groups in total. The van der Waals surface area contributed by atoms with E-state index in [-0.39, 0.29) is 12.1 Å². The van der Waals surface area contributed by atoms with E-state index in [1.807, 2.05) is 24.6 Å². The normalized spacial score (nSPS) is 11.7. The summed E-state index contributed by atoms with van der Waals surface area (Å²) in [5, 5.41) is 5.02. The maximum Gasteiger partial charge on any atom is 0.291 e. The number of halogens is 2. The molecule has 122 valence electrons. The van der Waals surface area contributed by atoms with Gasteiger partial charge in [-0.15, -0.1) is 11.3 Å². The molecule has 24 heavy (non-hydrogen) atoms. The Balaban J connectivity index is 1.88. The molecule has 4 nitrogen and oxygen atoms in total. The summed E-state index contributed by atoms with van der Waals surface area (Å²) in [5.41, 5.74) is 1.79. The van der Waals surface area contributed by atoms with Crippen molar-refractivity contribution >= 4 is 32.5 Å². The molecule has 0 fully saturated rings. The molecule has 7 heteroatoms. The van der Waals surface area contributed by atoms with E-state index in [0.717, 1.165) is 27.7 Å². The summed E-state index contributed by atoms with van der Waals surface area (Å²) in [7, 11) is 1.85. The van der Waals surface area contributed by atoms with Crippen LogP contribution in [0.5, 0.6) is 0 Å². The second-order valence-electron chi connectivity index (χ2n) is 5.75. The Hall–Kier alpha value is -2.54. The van der Waals surface area contributed by atoms with E-state index in [9.17, 15) is 13.6 Å². The average molecular weight is 345 g/mol. The lowest BCUT2D eigenvalue weighted by Gasteiger charge is -2.06. The standard InChI is InChI=1S/C17H13F2N3OS/c1-9-5-14-16(24-9)11-7-20-22(17(23)15(11)21(14)2)8-10-3-4-12(18)13(19)6-10/h3-7H,8H2,1-2H3. The minimum Gasteiger partial charge on any atom is -0.338 e. The number of benzene rings is 1. The number of hydrogen-bond donors (Lipinski definition) is 0. The van der Waals surface area contributed by atoms with E-state index in [0.29, 0.717) is 11.1 Å². The SMILES string of the molecule is Cc1cc2c(s1)c1cnn(Cc3ccc(F)c(F)c3)c(=O)c1n2C. The van der Waals surface area contributed by atoms with Crippen LogP contribution in [0.4, 0.5) is 8.78 Å². The largest absolute Gasteiger partial charge is 0.338 e. The number of aryl methyl sites for hydroxylation is 2. The smallest absolute Gasteiger partial charge is 0.291 e. The number of hydrogen-bond acceptors (Lipinski definition) is 3. The van der Waals surface area contributed by atoms with E-state index in [1.165, 1.54) is 15.6 Å². The molecule has 0 aliphatic carbocycles. The van der Waals surface area contributed by atoms with E-state index in [1.54, 1.807) is 17.5 Å². The van der Waals surface area contributed by atoms with Crippen LogP contribution in [0.2, 0.25) is 0 Å². The monoisotopic (exact) mass is 345 g/mol. The molecule has 4 aromatic rings. The Bertz CT molecular complexity index is 1160. The van der Waals surface area contributed by atoms with E-state index in [2.05, 4.69) is 5.10 Å². The fraction of sp³-hybridized carbons (Fsp3) is 0.176. The summed E-state index contributed by atoms with van der Waals surface area (Å²) in [4.78, 5) is 13.9. The first-order valence-electron chi connectivity index (χ1n) is 7.34. The van der Waals surface area contributed by atoms with Crippen LogP contribution >= 0.6 is 11.3 Å². The van der Waals surface area contributed by atoms with Gasteiger partial charge in [-0.05, 0) is 30.7 Å². The molecule has 1 aromatic carbocycles. The zero-order chi connectivity index (χ0) is 17.0. The maximum absolute atomic E-state index is 13.3. The van der Waals surface area contributed by atoms with Gasteiger partial charge in [0.2, 0.25) is 0 Å². The minimum absolute atomic E-state index is 0.0871. The molecule has 0 spiro atoms. The van der Waals surface area contributed by atoms with Gasteiger partial charge in [-0.1, -0.05) is 6.07 Å². The van der Waals surface area contributed by atoms with Crippen molar-refractivity contribution in [2.24, 2.45) is 7.05 Å². The Morgan fingerprint density at radius 1 is 1.21 bits per heavy atom. The number of thiophene rings is 1. The van der Waals surface area contributed by atoms with Crippen LogP contribution in [0.3, 0.4) is 0 Å². The van der Waals surface area contributed by atoms with Crippen LogP contribution in [-0.4, -0.2) is 14.3 Å². The molecule has 0 aliphatic heterocycles. The summed E-state index contributed by atoms with van der Waals surface area (Å²) in [5.74, 6) is -1.84. The van der Waals surface area contributed by atoms with Crippen molar-refractivity contribution in [1.82, 2.24) is 14.3 Å². The molecule has 3 heterocycles. The number of nitrogens with zero attached hydrogens (tertiary/aromatic N) is 3. The number of aromatic nitrogens is 3. The van der Waals surface area contributed by atoms with Gasteiger partial charge in [0.1, 0.15) is 5.52 Å². The molecule has 4 rings (SSSR count). The fourth-order valence-corrected chi connectivity index (χ4v) is 4.01. The lowest BCUT2D eigenvalue weighted by atomic mass is 10.2. The quantitative estimate of drug-likeness (QED) is 0.557. The van der Waals surface area contributed by atoms with Crippen LogP contribution in [0.15, 0.2) is 35.3 Å². The average Bonchev–Trinajstić information content (AvgIpc) is 3.04. The predicted molar refractivity (Wildman–Crippen MR) is 90.6 cm³/mol. The second kappa shape index (κ2) is 5.24. The highest BCUT2D eigenvalue weighted by Gasteiger charge is 2.16. The molecule has 0 bridgehead atoms. The third kappa shape index (κ3) is 2.16. The topological polar surface area (TPSA) is 39.8 Å². The van der Waals surface area contributed by atoms with Gasteiger partial charge in [0, 0.05) is 17.3 Å². The van der Waals surface area contributed by atoms with Gasteiger partial charge in [-0.2, -0.15) is 5.10 Å². The van der Waals surface area contributed by atoms with E-state index >= 15 is 0 Å². The zero-order valence-corrected chi connectivity index (χ0v) is 13.8. The highest BCUT2D eigenvalue weighted by molar-refractivity contribution is 7.20. The van der Waals surface area contributed by atoms with Gasteiger partial charge >= 0.3 is 0 Å². The van der Waals surface area contributed by atoms with Crippen molar-refractivity contribution in [2.75, 3.05) is 0 Å². The highest BCUT2D eigenvalue weighted by Crippen LogP contribution is 2.32. The molecular formula is C17H13F2N3OS. The van der Waals surface area contributed by atoms with Gasteiger partial charge in [0.25, 0.3) is 5.56 Å². The van der Waals surface area contributed by atoms with Gasteiger partial charge in [-0.25, -0.2) is 13.5 Å². The van der Waals surface area contributed by atoms with Gasteiger partial charge in [-0.3, -0.25) is 4.79 Å². The van der Waals surface area contributed by atoms with Crippen molar-refractivity contribution in [2.45, 2.75) is 13.5 Å². The summed E-state index contributed by atoms with van der Waals surface area (Å²) >= 11 is 1.62. The Labute approximate surface area is 139 Å². The molecule has 0 saturated heterocycles. The first-order chi connectivity index (χ1) is 11.5. The minimum atomic E-state index is -0.934. The van der Waals surface area contributed by atoms with Gasteiger partial charge in [0.05, 0.1) is 23.0 Å². The Kier molecular flexibility index (Phi) is 3.28. The van der Waals surface area contributed by atoms with E-state index in [4.69, 9.17) is 0 Å². The predicted octanol–water partition coefficient (Wildman–Crippen LogP) is 3.58.